The Kier molecular flexibility index (Phi) is 73.9. The molecule has 596 valence electrons. The van der Waals surface area contributed by atoms with Crippen molar-refractivity contribution in [2.75, 3.05) is 39.6 Å². The predicted molar refractivity (Wildman–Crippen MR) is 414 cm³/mol. The lowest BCUT2D eigenvalue weighted by Gasteiger charge is -2.21. The van der Waals surface area contributed by atoms with Gasteiger partial charge in [0.2, 0.25) is 0 Å². The first-order valence-corrected chi connectivity index (χ1v) is 45.1. The van der Waals surface area contributed by atoms with E-state index in [1.165, 1.54) is 238 Å². The number of rotatable bonds is 81. The molecule has 0 fully saturated rings. The highest BCUT2D eigenvalue weighted by molar-refractivity contribution is 7.47. The molecule has 0 aromatic rings. The molecule has 17 nitrogen and oxygen atoms in total. The molecule has 0 saturated heterocycles. The van der Waals surface area contributed by atoms with Gasteiger partial charge in [0.25, 0.3) is 0 Å². The van der Waals surface area contributed by atoms with Gasteiger partial charge in [0.05, 0.1) is 26.4 Å². The lowest BCUT2D eigenvalue weighted by Crippen LogP contribution is -2.30. The van der Waals surface area contributed by atoms with Gasteiger partial charge in [0, 0.05) is 25.7 Å². The maximum absolute atomic E-state index is 13.1. The minimum absolute atomic E-state index is 0.0858. The van der Waals surface area contributed by atoms with Crippen LogP contribution >= 0.6 is 15.6 Å². The van der Waals surface area contributed by atoms with Crippen molar-refractivity contribution in [2.45, 2.75) is 438 Å². The van der Waals surface area contributed by atoms with Gasteiger partial charge < -0.3 is 33.8 Å². The molecule has 0 aromatic carbocycles. The SMILES string of the molecule is CCCCCC/C=C\C=C/CCCCCCCC(=O)O[C@H](COC(=O)CCCCCCCCCCCC)COP(=O)(O)OC[C@H](O)COP(=O)(O)OC[C@@H](COC(=O)CCCCCCCCCCCCCCCCCCCC)OC(=O)CCCCCCCCCCCCCCCCCCCC. The Bertz CT molecular complexity index is 2010. The lowest BCUT2D eigenvalue weighted by atomic mass is 10.0. The number of carbonyl (C=O) groups is 4. The first kappa shape index (κ1) is 98.5. The Morgan fingerprint density at radius 3 is 0.723 bits per heavy atom. The van der Waals surface area contributed by atoms with Gasteiger partial charge in [-0.2, -0.15) is 0 Å². The number of aliphatic hydroxyl groups excluding tert-OH is 1. The maximum Gasteiger partial charge on any atom is 0.472 e. The summed E-state index contributed by atoms with van der Waals surface area (Å²) in [4.78, 5) is 73.0. The van der Waals surface area contributed by atoms with Crippen LogP contribution in [0.4, 0.5) is 0 Å². The third-order valence-electron chi connectivity index (χ3n) is 18.7. The summed E-state index contributed by atoms with van der Waals surface area (Å²) in [6.07, 6.45) is 71.5. The van der Waals surface area contributed by atoms with Crippen LogP contribution in [-0.4, -0.2) is 96.7 Å². The molecule has 2 unspecified atom stereocenters. The van der Waals surface area contributed by atoms with E-state index in [0.717, 1.165) is 103 Å². The number of ether oxygens (including phenoxy) is 4. The van der Waals surface area contributed by atoms with Crippen molar-refractivity contribution in [1.82, 2.24) is 0 Å². The average Bonchev–Trinajstić information content (AvgIpc) is 0.942. The Balaban J connectivity index is 5.26. The van der Waals surface area contributed by atoms with E-state index >= 15 is 0 Å². The molecule has 0 bridgehead atoms. The number of aliphatic hydroxyl groups is 1. The van der Waals surface area contributed by atoms with Crippen LogP contribution in [0.3, 0.4) is 0 Å². The standard InChI is InChI=1S/C82H156O17P2/c1-5-9-13-17-21-25-29-32-35-37-39-42-44-47-51-55-59-63-67-80(85)93-73-78(99-82(87)69-65-61-57-53-49-46-43-40-38-36-33-30-26-22-18-14-10-6-2)75-97-101(90,91)95-71-76(83)70-94-100(88,89)96-74-77(72-92-79(84)66-62-58-54-50-28-24-20-16-12-8-4)98-81(86)68-64-60-56-52-48-45-41-34-31-27-23-19-15-11-7-3/h27,31,34,41,76-78,83H,5-26,28-30,32-33,35-40,42-75H2,1-4H3,(H,88,89)(H,90,91)/b31-27-,41-34-/t76-,77+,78+/m0/s1. The number of hydrogen-bond donors (Lipinski definition) is 3. The lowest BCUT2D eigenvalue weighted by molar-refractivity contribution is -0.161. The van der Waals surface area contributed by atoms with Crippen LogP contribution in [0.5, 0.6) is 0 Å². The molecule has 0 rings (SSSR count). The zero-order chi connectivity index (χ0) is 73.9. The van der Waals surface area contributed by atoms with Gasteiger partial charge in [0.1, 0.15) is 19.3 Å². The number of carbonyl (C=O) groups excluding carboxylic acids is 4. The summed E-state index contributed by atoms with van der Waals surface area (Å²) in [5, 5.41) is 10.6. The van der Waals surface area contributed by atoms with Gasteiger partial charge in [-0.1, -0.05) is 367 Å². The average molecular weight is 1480 g/mol. The largest absolute Gasteiger partial charge is 0.472 e. The predicted octanol–water partition coefficient (Wildman–Crippen LogP) is 24.5. The van der Waals surface area contributed by atoms with Gasteiger partial charge in [-0.05, 0) is 51.4 Å². The van der Waals surface area contributed by atoms with Gasteiger partial charge in [-0.15, -0.1) is 0 Å². The van der Waals surface area contributed by atoms with Gasteiger partial charge in [-0.25, -0.2) is 9.13 Å². The molecular weight excluding hydrogens is 1320 g/mol. The summed E-state index contributed by atoms with van der Waals surface area (Å²) in [5.74, 6) is -2.13. The number of phosphoric ester groups is 2. The van der Waals surface area contributed by atoms with E-state index in [9.17, 15) is 43.2 Å². The van der Waals surface area contributed by atoms with Crippen molar-refractivity contribution in [3.05, 3.63) is 24.3 Å². The maximum atomic E-state index is 13.1. The molecule has 0 amide bonds. The fourth-order valence-electron chi connectivity index (χ4n) is 12.3. The monoisotopic (exact) mass is 1480 g/mol. The Labute approximate surface area is 618 Å². The Morgan fingerprint density at radius 1 is 0.277 bits per heavy atom. The molecule has 101 heavy (non-hydrogen) atoms. The fraction of sp³-hybridized carbons (Fsp3) is 0.902. The molecule has 19 heteroatoms. The summed E-state index contributed by atoms with van der Waals surface area (Å²) in [7, 11) is -9.93. The molecule has 0 saturated carbocycles. The summed E-state index contributed by atoms with van der Waals surface area (Å²) >= 11 is 0. The number of phosphoric acid groups is 2. The van der Waals surface area contributed by atoms with Crippen LogP contribution < -0.4 is 0 Å². The molecule has 0 aromatic heterocycles. The molecule has 0 heterocycles. The van der Waals surface area contributed by atoms with Crippen molar-refractivity contribution in [1.29, 1.82) is 0 Å². The van der Waals surface area contributed by atoms with Crippen LogP contribution in [0.1, 0.15) is 419 Å². The van der Waals surface area contributed by atoms with E-state index in [0.29, 0.717) is 25.7 Å². The van der Waals surface area contributed by atoms with Crippen LogP contribution in [-0.2, 0) is 65.4 Å². The highest BCUT2D eigenvalue weighted by atomic mass is 31.2. The van der Waals surface area contributed by atoms with Crippen LogP contribution in [0, 0.1) is 0 Å². The highest BCUT2D eigenvalue weighted by Crippen LogP contribution is 2.45. The second kappa shape index (κ2) is 75.8. The van der Waals surface area contributed by atoms with Crippen molar-refractivity contribution >= 4 is 39.5 Å². The minimum Gasteiger partial charge on any atom is -0.462 e. The summed E-state index contributed by atoms with van der Waals surface area (Å²) < 4.78 is 68.7. The second-order valence-corrected chi connectivity index (χ2v) is 31.7. The van der Waals surface area contributed by atoms with Gasteiger partial charge in [0.15, 0.2) is 12.2 Å². The smallest absolute Gasteiger partial charge is 0.462 e. The zero-order valence-corrected chi connectivity index (χ0v) is 67.2. The van der Waals surface area contributed by atoms with Crippen molar-refractivity contribution in [3.8, 4) is 0 Å². The van der Waals surface area contributed by atoms with E-state index in [1.807, 2.05) is 0 Å². The summed E-state index contributed by atoms with van der Waals surface area (Å²) in [6, 6.07) is 0. The van der Waals surface area contributed by atoms with E-state index < -0.39 is 97.5 Å². The van der Waals surface area contributed by atoms with E-state index in [4.69, 9.17) is 37.0 Å². The van der Waals surface area contributed by atoms with Gasteiger partial charge in [-0.3, -0.25) is 37.3 Å². The first-order chi connectivity index (χ1) is 49.2. The second-order valence-electron chi connectivity index (χ2n) is 28.8. The third kappa shape index (κ3) is 75.6. The van der Waals surface area contributed by atoms with Crippen molar-refractivity contribution in [2.24, 2.45) is 0 Å². The number of esters is 4. The molecule has 5 atom stereocenters. The van der Waals surface area contributed by atoms with Crippen molar-refractivity contribution < 1.29 is 80.2 Å². The van der Waals surface area contributed by atoms with E-state index in [1.54, 1.807) is 0 Å². The molecular formula is C82H156O17P2. The molecule has 0 radical (unpaired) electrons. The zero-order valence-electron chi connectivity index (χ0n) is 65.4. The third-order valence-corrected chi connectivity index (χ3v) is 20.6. The molecule has 0 spiro atoms. The minimum atomic E-state index is -4.97. The summed E-state index contributed by atoms with van der Waals surface area (Å²) in [5.41, 5.74) is 0. The normalized spacial score (nSPS) is 13.9. The summed E-state index contributed by atoms with van der Waals surface area (Å²) in [6.45, 7) is 4.96. The highest BCUT2D eigenvalue weighted by Gasteiger charge is 2.30. The van der Waals surface area contributed by atoms with Crippen LogP contribution in [0.25, 0.3) is 0 Å². The molecule has 0 aliphatic carbocycles. The van der Waals surface area contributed by atoms with Gasteiger partial charge >= 0.3 is 39.5 Å². The number of hydrogen-bond acceptors (Lipinski definition) is 15. The molecule has 3 N–H and O–H groups in total. The first-order valence-electron chi connectivity index (χ1n) is 42.1. The van der Waals surface area contributed by atoms with E-state index in [2.05, 4.69) is 52.0 Å². The Hall–Kier alpha value is -2.46. The topological polar surface area (TPSA) is 237 Å². The number of allylic oxidation sites excluding steroid dienone is 4. The van der Waals surface area contributed by atoms with Crippen LogP contribution in [0.2, 0.25) is 0 Å². The Morgan fingerprint density at radius 2 is 0.475 bits per heavy atom. The molecule has 0 aliphatic rings. The fourth-order valence-corrected chi connectivity index (χ4v) is 13.9. The van der Waals surface area contributed by atoms with Crippen LogP contribution in [0.15, 0.2) is 24.3 Å². The molecule has 0 aliphatic heterocycles. The van der Waals surface area contributed by atoms with E-state index in [-0.39, 0.29) is 25.7 Å². The van der Waals surface area contributed by atoms with Crippen molar-refractivity contribution in [3.63, 3.8) is 0 Å². The number of unbranched alkanes of at least 4 members (excludes halogenated alkanes) is 52. The quantitative estimate of drug-likeness (QED) is 0.0169.